The van der Waals surface area contributed by atoms with E-state index in [1.807, 2.05) is 26.0 Å². The summed E-state index contributed by atoms with van der Waals surface area (Å²) in [5.74, 6) is 0.537. The van der Waals surface area contributed by atoms with Crippen molar-refractivity contribution in [2.24, 2.45) is 0 Å². The third-order valence-electron chi connectivity index (χ3n) is 4.64. The van der Waals surface area contributed by atoms with Gasteiger partial charge in [-0.3, -0.25) is 4.79 Å². The Balaban J connectivity index is 2.18. The molecule has 0 atom stereocenters. The van der Waals surface area contributed by atoms with Gasteiger partial charge in [-0.05, 0) is 55.3 Å². The van der Waals surface area contributed by atoms with Crippen molar-refractivity contribution in [3.05, 3.63) is 47.5 Å². The number of nitrogens with zero attached hydrogens (tertiary/aromatic N) is 1. The molecule has 0 bridgehead atoms. The van der Waals surface area contributed by atoms with E-state index in [9.17, 15) is 13.2 Å². The van der Waals surface area contributed by atoms with Crippen molar-refractivity contribution in [2.45, 2.75) is 32.6 Å². The van der Waals surface area contributed by atoms with Gasteiger partial charge in [-0.25, -0.2) is 8.42 Å². The summed E-state index contributed by atoms with van der Waals surface area (Å²) < 4.78 is 37.6. The molecule has 2 rings (SSSR count). The fourth-order valence-corrected chi connectivity index (χ4v) is 4.28. The Morgan fingerprint density at radius 3 is 2.31 bits per heavy atom. The van der Waals surface area contributed by atoms with Crippen LogP contribution >= 0.6 is 0 Å². The molecule has 0 aliphatic rings. The van der Waals surface area contributed by atoms with E-state index in [0.29, 0.717) is 24.6 Å². The first-order valence-electron chi connectivity index (χ1n) is 9.41. The van der Waals surface area contributed by atoms with Crippen molar-refractivity contribution in [1.29, 1.82) is 0 Å². The SMILES string of the molecule is CCN(CC)S(=O)(=O)c1ccc(OC)c(NC(=O)COc2ccc(C)c(C)c2)c1. The monoisotopic (exact) mass is 420 g/mol. The lowest BCUT2D eigenvalue weighted by molar-refractivity contribution is -0.118. The number of carbonyl (C=O) groups excluding carboxylic acids is 1. The van der Waals surface area contributed by atoms with Crippen LogP contribution in [0.5, 0.6) is 11.5 Å². The molecule has 0 aromatic heterocycles. The first kappa shape index (κ1) is 22.7. The lowest BCUT2D eigenvalue weighted by atomic mass is 10.1. The smallest absolute Gasteiger partial charge is 0.262 e. The van der Waals surface area contributed by atoms with Gasteiger partial charge in [0, 0.05) is 13.1 Å². The molecule has 0 unspecified atom stereocenters. The molecule has 2 aromatic carbocycles. The number of benzene rings is 2. The highest BCUT2D eigenvalue weighted by molar-refractivity contribution is 7.89. The predicted molar refractivity (Wildman–Crippen MR) is 113 cm³/mol. The second-order valence-corrected chi connectivity index (χ2v) is 8.47. The molecule has 158 valence electrons. The van der Waals surface area contributed by atoms with Gasteiger partial charge in [0.25, 0.3) is 5.91 Å². The van der Waals surface area contributed by atoms with E-state index in [2.05, 4.69) is 5.32 Å². The number of hydrogen-bond donors (Lipinski definition) is 1. The largest absolute Gasteiger partial charge is 0.495 e. The van der Waals surface area contributed by atoms with Crippen molar-refractivity contribution in [2.75, 3.05) is 32.1 Å². The zero-order valence-electron chi connectivity index (χ0n) is 17.5. The molecule has 0 radical (unpaired) electrons. The molecule has 7 nitrogen and oxygen atoms in total. The summed E-state index contributed by atoms with van der Waals surface area (Å²) in [6.07, 6.45) is 0. The zero-order valence-corrected chi connectivity index (χ0v) is 18.3. The van der Waals surface area contributed by atoms with Crippen LogP contribution < -0.4 is 14.8 Å². The molecular formula is C21H28N2O5S. The van der Waals surface area contributed by atoms with Crippen molar-refractivity contribution >= 4 is 21.6 Å². The molecule has 0 aliphatic heterocycles. The van der Waals surface area contributed by atoms with Gasteiger partial charge in [0.15, 0.2) is 6.61 Å². The summed E-state index contributed by atoms with van der Waals surface area (Å²) in [7, 11) is -2.20. The number of amides is 1. The summed E-state index contributed by atoms with van der Waals surface area (Å²) in [6, 6.07) is 9.98. The van der Waals surface area contributed by atoms with E-state index >= 15 is 0 Å². The maximum atomic E-state index is 12.7. The second kappa shape index (κ2) is 9.76. The molecule has 0 saturated heterocycles. The Labute approximate surface area is 172 Å². The molecular weight excluding hydrogens is 392 g/mol. The number of rotatable bonds is 9. The van der Waals surface area contributed by atoms with E-state index in [1.165, 1.54) is 29.6 Å². The highest BCUT2D eigenvalue weighted by Gasteiger charge is 2.23. The molecule has 1 N–H and O–H groups in total. The maximum absolute atomic E-state index is 12.7. The van der Waals surface area contributed by atoms with Crippen LogP contribution in [-0.2, 0) is 14.8 Å². The van der Waals surface area contributed by atoms with Crippen LogP contribution in [0.3, 0.4) is 0 Å². The minimum Gasteiger partial charge on any atom is -0.495 e. The van der Waals surface area contributed by atoms with E-state index < -0.39 is 15.9 Å². The normalized spacial score (nSPS) is 11.4. The van der Waals surface area contributed by atoms with E-state index in [0.717, 1.165) is 11.1 Å². The number of sulfonamides is 1. The third-order valence-corrected chi connectivity index (χ3v) is 6.68. The Morgan fingerprint density at radius 1 is 1.03 bits per heavy atom. The molecule has 8 heteroatoms. The molecule has 0 saturated carbocycles. The van der Waals surface area contributed by atoms with Gasteiger partial charge in [-0.15, -0.1) is 0 Å². The Hall–Kier alpha value is -2.58. The maximum Gasteiger partial charge on any atom is 0.262 e. The molecule has 2 aromatic rings. The average Bonchev–Trinajstić information content (AvgIpc) is 2.69. The van der Waals surface area contributed by atoms with Crippen LogP contribution in [0, 0.1) is 13.8 Å². The molecule has 0 spiro atoms. The van der Waals surface area contributed by atoms with Crippen molar-refractivity contribution in [3.8, 4) is 11.5 Å². The van der Waals surface area contributed by atoms with Crippen LogP contribution in [0.1, 0.15) is 25.0 Å². The van der Waals surface area contributed by atoms with Crippen LogP contribution in [0.4, 0.5) is 5.69 Å². The van der Waals surface area contributed by atoms with E-state index in [-0.39, 0.29) is 17.2 Å². The fraction of sp³-hybridized carbons (Fsp3) is 0.381. The van der Waals surface area contributed by atoms with Crippen LogP contribution in [0.2, 0.25) is 0 Å². The average molecular weight is 421 g/mol. The highest BCUT2D eigenvalue weighted by Crippen LogP contribution is 2.29. The van der Waals surface area contributed by atoms with Gasteiger partial charge in [0.05, 0.1) is 17.7 Å². The molecule has 29 heavy (non-hydrogen) atoms. The number of ether oxygens (including phenoxy) is 2. The van der Waals surface area contributed by atoms with Crippen molar-refractivity contribution in [3.63, 3.8) is 0 Å². The van der Waals surface area contributed by atoms with E-state index in [4.69, 9.17) is 9.47 Å². The Morgan fingerprint density at radius 2 is 1.72 bits per heavy atom. The van der Waals surface area contributed by atoms with Crippen molar-refractivity contribution in [1.82, 2.24) is 4.31 Å². The molecule has 0 fully saturated rings. The zero-order chi connectivity index (χ0) is 21.6. The van der Waals surface area contributed by atoms with Gasteiger partial charge in [0.2, 0.25) is 10.0 Å². The number of methoxy groups -OCH3 is 1. The number of nitrogens with one attached hydrogen (secondary N) is 1. The topological polar surface area (TPSA) is 84.9 Å². The summed E-state index contributed by atoms with van der Waals surface area (Å²) in [5, 5.41) is 2.67. The van der Waals surface area contributed by atoms with Gasteiger partial charge >= 0.3 is 0 Å². The Kier molecular flexibility index (Phi) is 7.64. The van der Waals surface area contributed by atoms with Gasteiger partial charge in [-0.1, -0.05) is 19.9 Å². The number of hydrogen-bond acceptors (Lipinski definition) is 5. The lowest BCUT2D eigenvalue weighted by Gasteiger charge is -2.19. The summed E-state index contributed by atoms with van der Waals surface area (Å²) >= 11 is 0. The standard InChI is InChI=1S/C21H28N2O5S/c1-6-23(7-2)29(25,26)18-10-11-20(27-5)19(13-18)22-21(24)14-28-17-9-8-15(3)16(4)12-17/h8-13H,6-7,14H2,1-5H3,(H,22,24). The summed E-state index contributed by atoms with van der Waals surface area (Å²) in [5.41, 5.74) is 2.48. The van der Waals surface area contributed by atoms with Gasteiger partial charge in [0.1, 0.15) is 11.5 Å². The van der Waals surface area contributed by atoms with E-state index in [1.54, 1.807) is 19.9 Å². The van der Waals surface area contributed by atoms with Crippen molar-refractivity contribution < 1.29 is 22.7 Å². The predicted octanol–water partition coefficient (Wildman–Crippen LogP) is 3.36. The van der Waals surface area contributed by atoms with Gasteiger partial charge in [-0.2, -0.15) is 4.31 Å². The minimum absolute atomic E-state index is 0.0902. The van der Waals surface area contributed by atoms with Crippen LogP contribution in [-0.4, -0.2) is 45.4 Å². The third kappa shape index (κ3) is 5.48. The second-order valence-electron chi connectivity index (χ2n) is 6.53. The summed E-state index contributed by atoms with van der Waals surface area (Å²) in [4.78, 5) is 12.5. The lowest BCUT2D eigenvalue weighted by Crippen LogP contribution is -2.30. The molecule has 0 heterocycles. The number of carbonyl (C=O) groups is 1. The number of anilines is 1. The summed E-state index contributed by atoms with van der Waals surface area (Å²) in [6.45, 7) is 8.02. The first-order valence-corrected chi connectivity index (χ1v) is 10.8. The highest BCUT2D eigenvalue weighted by atomic mass is 32.2. The number of aryl methyl sites for hydroxylation is 2. The fourth-order valence-electron chi connectivity index (χ4n) is 2.80. The van der Waals surface area contributed by atoms with Gasteiger partial charge < -0.3 is 14.8 Å². The molecule has 1 amide bonds. The quantitative estimate of drug-likeness (QED) is 0.672. The Bertz CT molecular complexity index is 969. The minimum atomic E-state index is -3.65. The van der Waals surface area contributed by atoms with Crippen LogP contribution in [0.15, 0.2) is 41.3 Å². The first-order chi connectivity index (χ1) is 13.7. The molecule has 0 aliphatic carbocycles. The van der Waals surface area contributed by atoms with Crippen LogP contribution in [0.25, 0.3) is 0 Å².